The van der Waals surface area contributed by atoms with Gasteiger partial charge in [-0.25, -0.2) is 4.79 Å². The molecule has 5 nitrogen and oxygen atoms in total. The van der Waals surface area contributed by atoms with Crippen LogP contribution in [0.4, 0.5) is 0 Å². The minimum Gasteiger partial charge on any atom is -0.463 e. The highest BCUT2D eigenvalue weighted by atomic mass is 16.5. The lowest BCUT2D eigenvalue weighted by atomic mass is 9.88. The molecule has 2 N–H and O–H groups in total. The second kappa shape index (κ2) is 8.81. The maximum Gasteiger partial charge on any atom is 0.333 e. The number of aliphatic hydroxyl groups excluding tert-OH is 1. The normalized spacial score (nSPS) is 25.4. The molecule has 1 aliphatic rings. The van der Waals surface area contributed by atoms with Crippen molar-refractivity contribution in [3.05, 3.63) is 11.6 Å². The van der Waals surface area contributed by atoms with Crippen LogP contribution in [0.15, 0.2) is 11.6 Å². The lowest BCUT2D eigenvalue weighted by Gasteiger charge is -2.38. The maximum atomic E-state index is 12.1. The van der Waals surface area contributed by atoms with Crippen LogP contribution in [0.25, 0.3) is 0 Å². The van der Waals surface area contributed by atoms with E-state index in [0.29, 0.717) is 18.6 Å². The number of aliphatic hydroxyl groups is 1. The highest BCUT2D eigenvalue weighted by Gasteiger charge is 2.37. The number of hydrogen-bond donors (Lipinski definition) is 2. The minimum absolute atomic E-state index is 0.0720. The topological polar surface area (TPSA) is 67.8 Å². The van der Waals surface area contributed by atoms with Crippen molar-refractivity contribution in [2.24, 2.45) is 0 Å². The molecule has 0 spiro atoms. The zero-order valence-corrected chi connectivity index (χ0v) is 15.4. The molecule has 1 aliphatic carbocycles. The molecular weight excluding hydrogens is 294 g/mol. The molecule has 3 atom stereocenters. The van der Waals surface area contributed by atoms with Crippen LogP contribution in [0.5, 0.6) is 0 Å². The summed E-state index contributed by atoms with van der Waals surface area (Å²) in [6.07, 6.45) is 2.82. The molecule has 0 aromatic heterocycles. The van der Waals surface area contributed by atoms with Gasteiger partial charge in [0.1, 0.15) is 6.10 Å². The Bertz CT molecular complexity index is 410. The molecule has 0 saturated carbocycles. The van der Waals surface area contributed by atoms with Crippen LogP contribution in [0.1, 0.15) is 60.8 Å². The fourth-order valence-electron chi connectivity index (χ4n) is 2.84. The number of carbonyl (C=O) groups excluding carboxylic acids is 1. The van der Waals surface area contributed by atoms with Gasteiger partial charge in [0, 0.05) is 17.2 Å². The number of carbonyl (C=O) groups is 1. The van der Waals surface area contributed by atoms with E-state index >= 15 is 0 Å². The lowest BCUT2D eigenvalue weighted by molar-refractivity contribution is -0.139. The number of ether oxygens (including phenoxy) is 2. The quantitative estimate of drug-likeness (QED) is 0.704. The van der Waals surface area contributed by atoms with Gasteiger partial charge in [0.2, 0.25) is 0 Å². The molecule has 0 aliphatic heterocycles. The first-order chi connectivity index (χ1) is 10.7. The van der Waals surface area contributed by atoms with Crippen LogP contribution in [0.2, 0.25) is 0 Å². The predicted octanol–water partition coefficient (Wildman–Crippen LogP) is 2.57. The first-order valence-electron chi connectivity index (χ1n) is 8.70. The van der Waals surface area contributed by atoms with Crippen LogP contribution in [0, 0.1) is 0 Å². The van der Waals surface area contributed by atoms with E-state index in [0.717, 1.165) is 12.8 Å². The van der Waals surface area contributed by atoms with Crippen molar-refractivity contribution >= 4 is 5.97 Å². The van der Waals surface area contributed by atoms with Crippen LogP contribution in [0.3, 0.4) is 0 Å². The van der Waals surface area contributed by atoms with E-state index in [2.05, 4.69) is 19.2 Å². The summed E-state index contributed by atoms with van der Waals surface area (Å²) in [5, 5.41) is 14.1. The van der Waals surface area contributed by atoms with Gasteiger partial charge in [-0.3, -0.25) is 0 Å². The number of hydrogen-bond acceptors (Lipinski definition) is 5. The van der Waals surface area contributed by atoms with Crippen molar-refractivity contribution in [3.63, 3.8) is 0 Å². The van der Waals surface area contributed by atoms with Crippen molar-refractivity contribution in [1.29, 1.82) is 0 Å². The molecule has 0 aromatic carbocycles. The van der Waals surface area contributed by atoms with E-state index in [4.69, 9.17) is 9.47 Å². The van der Waals surface area contributed by atoms with E-state index in [1.165, 1.54) is 0 Å². The molecule has 23 heavy (non-hydrogen) atoms. The Labute approximate surface area is 140 Å². The Morgan fingerprint density at radius 1 is 1.35 bits per heavy atom. The van der Waals surface area contributed by atoms with Gasteiger partial charge in [-0.1, -0.05) is 13.8 Å². The Hall–Kier alpha value is -0.910. The molecule has 5 heteroatoms. The van der Waals surface area contributed by atoms with E-state index in [9.17, 15) is 9.90 Å². The third-order valence-electron chi connectivity index (χ3n) is 3.97. The fraction of sp³-hybridized carbons (Fsp3) is 0.833. The highest BCUT2D eigenvalue weighted by molar-refractivity contribution is 5.89. The molecular formula is C18H33NO4. The SMILES string of the molecule is CCOC(=O)C1=C[C@@H](OC(CC)CC)[C@H](O)[C@@H](NC(C)(C)C)C1. The van der Waals surface area contributed by atoms with Gasteiger partial charge in [-0.05, 0) is 53.0 Å². The van der Waals surface area contributed by atoms with Crippen LogP contribution >= 0.6 is 0 Å². The molecule has 0 heterocycles. The predicted molar refractivity (Wildman–Crippen MR) is 91.3 cm³/mol. The molecule has 0 fully saturated rings. The zero-order valence-electron chi connectivity index (χ0n) is 15.4. The van der Waals surface area contributed by atoms with E-state index in [-0.39, 0.29) is 23.7 Å². The Balaban J connectivity index is 2.98. The van der Waals surface area contributed by atoms with E-state index in [1.807, 2.05) is 20.8 Å². The van der Waals surface area contributed by atoms with Crippen molar-refractivity contribution in [2.45, 2.75) is 90.7 Å². The maximum absolute atomic E-state index is 12.1. The van der Waals surface area contributed by atoms with Gasteiger partial charge in [-0.2, -0.15) is 0 Å². The van der Waals surface area contributed by atoms with Gasteiger partial charge in [0.05, 0.1) is 18.8 Å². The van der Waals surface area contributed by atoms with Crippen molar-refractivity contribution in [1.82, 2.24) is 5.32 Å². The Kier molecular flexibility index (Phi) is 7.71. The molecule has 0 unspecified atom stereocenters. The number of nitrogens with one attached hydrogen (secondary N) is 1. The average molecular weight is 327 g/mol. The lowest BCUT2D eigenvalue weighted by Crippen LogP contribution is -2.55. The summed E-state index contributed by atoms with van der Waals surface area (Å²) in [6.45, 7) is 12.4. The second-order valence-corrected chi connectivity index (χ2v) is 7.15. The van der Waals surface area contributed by atoms with Crippen LogP contribution in [-0.2, 0) is 14.3 Å². The molecule has 1 rings (SSSR count). The van der Waals surface area contributed by atoms with Crippen LogP contribution in [-0.4, -0.2) is 47.6 Å². The average Bonchev–Trinajstić information content (AvgIpc) is 2.46. The summed E-state index contributed by atoms with van der Waals surface area (Å²) in [5.74, 6) is -0.321. The minimum atomic E-state index is -0.687. The molecule has 0 saturated heterocycles. The van der Waals surface area contributed by atoms with Gasteiger partial charge in [0.15, 0.2) is 0 Å². The van der Waals surface area contributed by atoms with Crippen molar-refractivity contribution in [3.8, 4) is 0 Å². The van der Waals surface area contributed by atoms with E-state index in [1.54, 1.807) is 13.0 Å². The molecule has 0 radical (unpaired) electrons. The molecule has 0 amide bonds. The Morgan fingerprint density at radius 3 is 2.43 bits per heavy atom. The summed E-state index contributed by atoms with van der Waals surface area (Å²) >= 11 is 0. The number of esters is 1. The largest absolute Gasteiger partial charge is 0.463 e. The van der Waals surface area contributed by atoms with Gasteiger partial charge >= 0.3 is 5.97 Å². The summed E-state index contributed by atoms with van der Waals surface area (Å²) in [7, 11) is 0. The van der Waals surface area contributed by atoms with Gasteiger partial charge < -0.3 is 19.9 Å². The zero-order chi connectivity index (χ0) is 17.6. The first-order valence-corrected chi connectivity index (χ1v) is 8.70. The smallest absolute Gasteiger partial charge is 0.333 e. The van der Waals surface area contributed by atoms with Crippen molar-refractivity contribution < 1.29 is 19.4 Å². The summed E-state index contributed by atoms with van der Waals surface area (Å²) < 4.78 is 11.2. The third kappa shape index (κ3) is 6.24. The summed E-state index contributed by atoms with van der Waals surface area (Å²) in [6, 6.07) is -0.237. The van der Waals surface area contributed by atoms with Crippen LogP contribution < -0.4 is 5.32 Å². The van der Waals surface area contributed by atoms with Crippen molar-refractivity contribution in [2.75, 3.05) is 6.61 Å². The highest BCUT2D eigenvalue weighted by Crippen LogP contribution is 2.26. The van der Waals surface area contributed by atoms with Gasteiger partial charge in [0.25, 0.3) is 0 Å². The standard InChI is InChI=1S/C18H33NO4/c1-7-13(8-2)23-15-11-12(17(21)22-9-3)10-14(16(15)20)19-18(4,5)6/h11,13-16,19-20H,7-10H2,1-6H3/t14-,15+,16+/m0/s1. The summed E-state index contributed by atoms with van der Waals surface area (Å²) in [5.41, 5.74) is 0.414. The second-order valence-electron chi connectivity index (χ2n) is 7.15. The Morgan fingerprint density at radius 2 is 1.96 bits per heavy atom. The fourth-order valence-corrected chi connectivity index (χ4v) is 2.84. The molecule has 0 bridgehead atoms. The van der Waals surface area contributed by atoms with E-state index < -0.39 is 12.2 Å². The molecule has 0 aromatic rings. The van der Waals surface area contributed by atoms with Gasteiger partial charge in [-0.15, -0.1) is 0 Å². The monoisotopic (exact) mass is 327 g/mol. The third-order valence-corrected chi connectivity index (χ3v) is 3.97. The first kappa shape index (κ1) is 20.1. The number of rotatable bonds is 7. The molecule has 134 valence electrons. The summed E-state index contributed by atoms with van der Waals surface area (Å²) in [4.78, 5) is 12.1.